The Morgan fingerprint density at radius 1 is 1.33 bits per heavy atom. The molecule has 4 nitrogen and oxygen atoms in total. The second-order valence-corrected chi connectivity index (χ2v) is 7.14. The van der Waals surface area contributed by atoms with Crippen molar-refractivity contribution in [1.82, 2.24) is 9.97 Å². The van der Waals surface area contributed by atoms with E-state index in [-0.39, 0.29) is 11.5 Å². The lowest BCUT2D eigenvalue weighted by Gasteiger charge is -2.31. The molecule has 0 saturated carbocycles. The molecule has 118 valence electrons. The minimum atomic E-state index is -0.0567. The summed E-state index contributed by atoms with van der Waals surface area (Å²) in [5.41, 5.74) is 9.43. The highest BCUT2D eigenvalue weighted by molar-refractivity contribution is 5.29. The van der Waals surface area contributed by atoms with Crippen LogP contribution in [-0.2, 0) is 17.6 Å². The van der Waals surface area contributed by atoms with Crippen molar-refractivity contribution in [2.45, 2.75) is 60.0 Å². The van der Waals surface area contributed by atoms with E-state index in [0.29, 0.717) is 12.5 Å². The number of fused-ring (bicyclic) bond motifs is 1. The quantitative estimate of drug-likeness (QED) is 0.926. The molecule has 21 heavy (non-hydrogen) atoms. The summed E-state index contributed by atoms with van der Waals surface area (Å²) in [6.07, 6.45) is 3.11. The van der Waals surface area contributed by atoms with Gasteiger partial charge in [0.15, 0.2) is 5.82 Å². The van der Waals surface area contributed by atoms with E-state index in [9.17, 15) is 0 Å². The molecular formula is C17H29N3O. The van der Waals surface area contributed by atoms with Crippen LogP contribution in [-0.4, -0.2) is 23.1 Å². The first-order chi connectivity index (χ1) is 9.86. The number of rotatable bonds is 4. The molecule has 1 aromatic rings. The summed E-state index contributed by atoms with van der Waals surface area (Å²) >= 11 is 0. The van der Waals surface area contributed by atoms with E-state index in [1.165, 1.54) is 11.3 Å². The Labute approximate surface area is 128 Å². The van der Waals surface area contributed by atoms with Gasteiger partial charge in [-0.2, -0.15) is 0 Å². The van der Waals surface area contributed by atoms with Gasteiger partial charge in [-0.15, -0.1) is 0 Å². The lowest BCUT2D eigenvalue weighted by molar-refractivity contribution is -0.0194. The van der Waals surface area contributed by atoms with E-state index in [4.69, 9.17) is 20.4 Å². The fraction of sp³-hybridized carbons (Fsp3) is 0.765. The first-order valence-electron chi connectivity index (χ1n) is 8.04. The molecule has 0 spiro atoms. The van der Waals surface area contributed by atoms with Crippen molar-refractivity contribution in [2.24, 2.45) is 17.1 Å². The van der Waals surface area contributed by atoms with Crippen molar-refractivity contribution >= 4 is 0 Å². The number of hydrogen-bond donors (Lipinski definition) is 1. The maximum Gasteiger partial charge on any atom is 0.158 e. The van der Waals surface area contributed by atoms with Gasteiger partial charge >= 0.3 is 0 Å². The number of nitrogens with two attached hydrogens (primary N) is 1. The third-order valence-electron chi connectivity index (χ3n) is 4.29. The van der Waals surface area contributed by atoms with Gasteiger partial charge in [-0.1, -0.05) is 20.8 Å². The molecule has 2 N–H and O–H groups in total. The molecule has 1 heterocycles. The Balaban J connectivity index is 2.37. The summed E-state index contributed by atoms with van der Waals surface area (Å²) < 4.78 is 5.94. The normalized spacial score (nSPS) is 20.2. The molecule has 4 heteroatoms. The summed E-state index contributed by atoms with van der Waals surface area (Å²) in [5, 5.41) is 0. The van der Waals surface area contributed by atoms with Crippen LogP contribution in [0.5, 0.6) is 0 Å². The lowest BCUT2D eigenvalue weighted by atomic mass is 9.85. The minimum Gasteiger partial charge on any atom is -0.370 e. The molecular weight excluding hydrogens is 262 g/mol. The first-order valence-corrected chi connectivity index (χ1v) is 8.04. The molecule has 0 aromatic carbocycles. The van der Waals surface area contributed by atoms with Gasteiger partial charge in [0, 0.05) is 18.0 Å². The summed E-state index contributed by atoms with van der Waals surface area (Å²) in [7, 11) is 0. The van der Waals surface area contributed by atoms with Crippen LogP contribution in [0.4, 0.5) is 0 Å². The number of aryl methyl sites for hydroxylation is 2. The molecule has 0 saturated heterocycles. The van der Waals surface area contributed by atoms with Crippen molar-refractivity contribution < 1.29 is 4.74 Å². The van der Waals surface area contributed by atoms with Gasteiger partial charge in [0.25, 0.3) is 0 Å². The number of aromatic nitrogens is 2. The molecule has 1 aliphatic rings. The third kappa shape index (κ3) is 3.61. The van der Waals surface area contributed by atoms with Gasteiger partial charge in [-0.05, 0) is 56.6 Å². The van der Waals surface area contributed by atoms with Crippen LogP contribution < -0.4 is 5.73 Å². The molecule has 0 bridgehead atoms. The van der Waals surface area contributed by atoms with E-state index in [1.807, 2.05) is 6.92 Å². The highest BCUT2D eigenvalue weighted by Gasteiger charge is 2.31. The Kier molecular flexibility index (Phi) is 4.99. The Morgan fingerprint density at radius 3 is 2.62 bits per heavy atom. The summed E-state index contributed by atoms with van der Waals surface area (Å²) in [6.45, 7) is 12.1. The molecule has 2 atom stereocenters. The first kappa shape index (κ1) is 16.4. The molecule has 1 aromatic heterocycles. The van der Waals surface area contributed by atoms with Crippen LogP contribution in [0.3, 0.4) is 0 Å². The standard InChI is InChI=1S/C17H29N3O/c1-6-21-15(17(3,4)5)16-19-11(2)13-9-12(10-18)7-8-14(13)20-16/h12,15H,6-10,18H2,1-5H3. The van der Waals surface area contributed by atoms with Crippen molar-refractivity contribution in [2.75, 3.05) is 13.2 Å². The van der Waals surface area contributed by atoms with E-state index < -0.39 is 0 Å². The molecule has 0 radical (unpaired) electrons. The second-order valence-electron chi connectivity index (χ2n) is 7.14. The van der Waals surface area contributed by atoms with E-state index in [2.05, 4.69) is 27.7 Å². The van der Waals surface area contributed by atoms with Gasteiger partial charge in [0.1, 0.15) is 6.10 Å². The monoisotopic (exact) mass is 291 g/mol. The van der Waals surface area contributed by atoms with Crippen LogP contribution >= 0.6 is 0 Å². The smallest absolute Gasteiger partial charge is 0.158 e. The number of nitrogens with zero attached hydrogens (tertiary/aromatic N) is 2. The van der Waals surface area contributed by atoms with Crippen molar-refractivity contribution in [3.8, 4) is 0 Å². The molecule has 2 unspecified atom stereocenters. The topological polar surface area (TPSA) is 61.0 Å². The van der Waals surface area contributed by atoms with Crippen molar-refractivity contribution in [3.63, 3.8) is 0 Å². The average Bonchev–Trinajstić information content (AvgIpc) is 2.43. The van der Waals surface area contributed by atoms with E-state index in [1.54, 1.807) is 0 Å². The highest BCUT2D eigenvalue weighted by Crippen LogP contribution is 2.36. The zero-order chi connectivity index (χ0) is 15.6. The zero-order valence-electron chi connectivity index (χ0n) is 14.1. The highest BCUT2D eigenvalue weighted by atomic mass is 16.5. The van der Waals surface area contributed by atoms with Gasteiger partial charge in [0.05, 0.1) is 0 Å². The summed E-state index contributed by atoms with van der Waals surface area (Å²) in [5.74, 6) is 1.42. The maximum atomic E-state index is 5.94. The van der Waals surface area contributed by atoms with Crippen molar-refractivity contribution in [3.05, 3.63) is 22.8 Å². The van der Waals surface area contributed by atoms with E-state index in [0.717, 1.165) is 37.3 Å². The minimum absolute atomic E-state index is 0.00878. The molecule has 2 rings (SSSR count). The van der Waals surface area contributed by atoms with Gasteiger partial charge in [0.2, 0.25) is 0 Å². The third-order valence-corrected chi connectivity index (χ3v) is 4.29. The lowest BCUT2D eigenvalue weighted by Crippen LogP contribution is -2.28. The largest absolute Gasteiger partial charge is 0.370 e. The van der Waals surface area contributed by atoms with Crippen LogP contribution in [0.25, 0.3) is 0 Å². The summed E-state index contributed by atoms with van der Waals surface area (Å²) in [4.78, 5) is 9.62. The number of ether oxygens (including phenoxy) is 1. The van der Waals surface area contributed by atoms with E-state index >= 15 is 0 Å². The molecule has 0 fully saturated rings. The second kappa shape index (κ2) is 6.41. The fourth-order valence-electron chi connectivity index (χ4n) is 3.08. The summed E-state index contributed by atoms with van der Waals surface area (Å²) in [6, 6.07) is 0. The Bertz CT molecular complexity index is 494. The van der Waals surface area contributed by atoms with Gasteiger partial charge in [-0.3, -0.25) is 0 Å². The zero-order valence-corrected chi connectivity index (χ0v) is 14.1. The van der Waals surface area contributed by atoms with Crippen LogP contribution in [0.15, 0.2) is 0 Å². The van der Waals surface area contributed by atoms with Crippen LogP contribution in [0.1, 0.15) is 63.0 Å². The molecule has 0 aliphatic heterocycles. The molecule has 1 aliphatic carbocycles. The van der Waals surface area contributed by atoms with Crippen molar-refractivity contribution in [1.29, 1.82) is 0 Å². The Morgan fingerprint density at radius 2 is 2.05 bits per heavy atom. The predicted octanol–water partition coefficient (Wildman–Crippen LogP) is 2.97. The predicted molar refractivity (Wildman–Crippen MR) is 85.2 cm³/mol. The fourth-order valence-corrected chi connectivity index (χ4v) is 3.08. The maximum absolute atomic E-state index is 5.94. The SMILES string of the molecule is CCOC(c1nc(C)c2c(n1)CCC(CN)C2)C(C)(C)C. The Hall–Kier alpha value is -1.00. The molecule has 0 amide bonds. The van der Waals surface area contributed by atoms with Crippen LogP contribution in [0.2, 0.25) is 0 Å². The van der Waals surface area contributed by atoms with Crippen LogP contribution in [0, 0.1) is 18.3 Å². The van der Waals surface area contributed by atoms with Gasteiger partial charge < -0.3 is 10.5 Å². The number of hydrogen-bond acceptors (Lipinski definition) is 4. The average molecular weight is 291 g/mol. The van der Waals surface area contributed by atoms with Gasteiger partial charge in [-0.25, -0.2) is 9.97 Å².